The van der Waals surface area contributed by atoms with E-state index in [9.17, 15) is 9.59 Å². The molecule has 0 bridgehead atoms. The van der Waals surface area contributed by atoms with Crippen LogP contribution in [0, 0.1) is 11.8 Å². The SMILES string of the molecule is C[C@@H]1C[C@H](C)CN(C(=O)CN2CCN([C@@H](C)C(=O)N[C@H](C)c3ccccc3)CC2)C1. The van der Waals surface area contributed by atoms with E-state index in [2.05, 4.69) is 29.0 Å². The maximum atomic E-state index is 12.7. The second-order valence-electron chi connectivity index (χ2n) is 9.37. The molecule has 2 aliphatic rings. The first-order valence-corrected chi connectivity index (χ1v) is 11.4. The number of nitrogens with zero attached hydrogens (tertiary/aromatic N) is 3. The minimum Gasteiger partial charge on any atom is -0.348 e. The first-order valence-electron chi connectivity index (χ1n) is 11.4. The number of carbonyl (C=O) groups excluding carboxylic acids is 2. The molecule has 30 heavy (non-hydrogen) atoms. The van der Waals surface area contributed by atoms with Gasteiger partial charge in [0.1, 0.15) is 0 Å². The maximum Gasteiger partial charge on any atom is 0.237 e. The molecule has 1 aromatic rings. The Morgan fingerprint density at radius 2 is 1.60 bits per heavy atom. The molecule has 2 heterocycles. The van der Waals surface area contributed by atoms with Crippen LogP contribution in [-0.2, 0) is 9.59 Å². The zero-order chi connectivity index (χ0) is 21.7. The number of piperazine rings is 1. The van der Waals surface area contributed by atoms with Gasteiger partial charge in [-0.05, 0) is 37.7 Å². The van der Waals surface area contributed by atoms with Crippen LogP contribution >= 0.6 is 0 Å². The van der Waals surface area contributed by atoms with Crippen LogP contribution < -0.4 is 5.32 Å². The normalized spacial score (nSPS) is 25.5. The summed E-state index contributed by atoms with van der Waals surface area (Å²) in [5, 5.41) is 3.13. The van der Waals surface area contributed by atoms with Crippen molar-refractivity contribution in [3.63, 3.8) is 0 Å². The van der Waals surface area contributed by atoms with Crippen LogP contribution in [0.5, 0.6) is 0 Å². The summed E-state index contributed by atoms with van der Waals surface area (Å²) in [5.74, 6) is 1.50. The van der Waals surface area contributed by atoms with Crippen molar-refractivity contribution in [2.45, 2.75) is 46.2 Å². The van der Waals surface area contributed by atoms with Gasteiger partial charge in [0.05, 0.1) is 18.6 Å². The summed E-state index contributed by atoms with van der Waals surface area (Å²) in [6, 6.07) is 9.87. The van der Waals surface area contributed by atoms with Crippen LogP contribution in [0.1, 0.15) is 45.7 Å². The van der Waals surface area contributed by atoms with E-state index in [-0.39, 0.29) is 23.9 Å². The largest absolute Gasteiger partial charge is 0.348 e. The molecule has 2 fully saturated rings. The fraction of sp³-hybridized carbons (Fsp3) is 0.667. The molecule has 0 aliphatic carbocycles. The topological polar surface area (TPSA) is 55.9 Å². The van der Waals surface area contributed by atoms with Crippen molar-refractivity contribution in [1.82, 2.24) is 20.0 Å². The van der Waals surface area contributed by atoms with Gasteiger partial charge >= 0.3 is 0 Å². The molecule has 0 spiro atoms. The highest BCUT2D eigenvalue weighted by Crippen LogP contribution is 2.21. The minimum atomic E-state index is -0.169. The van der Waals surface area contributed by atoms with Gasteiger partial charge < -0.3 is 10.2 Å². The van der Waals surface area contributed by atoms with E-state index < -0.39 is 0 Å². The Morgan fingerprint density at radius 1 is 1.00 bits per heavy atom. The minimum absolute atomic E-state index is 0.00520. The van der Waals surface area contributed by atoms with E-state index in [0.29, 0.717) is 18.4 Å². The molecule has 0 aromatic heterocycles. The third kappa shape index (κ3) is 6.05. The number of rotatable bonds is 6. The van der Waals surface area contributed by atoms with Crippen LogP contribution in [0.25, 0.3) is 0 Å². The summed E-state index contributed by atoms with van der Waals surface area (Å²) in [4.78, 5) is 32.0. The lowest BCUT2D eigenvalue weighted by Crippen LogP contribution is -2.56. The molecule has 4 atom stereocenters. The van der Waals surface area contributed by atoms with Crippen molar-refractivity contribution >= 4 is 11.8 Å². The van der Waals surface area contributed by atoms with Gasteiger partial charge in [0.2, 0.25) is 11.8 Å². The molecular formula is C24H38N4O2. The lowest BCUT2D eigenvalue weighted by Gasteiger charge is -2.39. The third-order valence-electron chi connectivity index (χ3n) is 6.57. The first kappa shape index (κ1) is 22.8. The summed E-state index contributed by atoms with van der Waals surface area (Å²) in [6.07, 6.45) is 1.21. The summed E-state index contributed by atoms with van der Waals surface area (Å²) in [7, 11) is 0. The Labute approximate surface area is 181 Å². The number of hydrogen-bond acceptors (Lipinski definition) is 4. The summed E-state index contributed by atoms with van der Waals surface area (Å²) in [6.45, 7) is 14.0. The molecule has 1 aromatic carbocycles. The number of likely N-dealkylation sites (tertiary alicyclic amines) is 1. The third-order valence-corrected chi connectivity index (χ3v) is 6.57. The van der Waals surface area contributed by atoms with Gasteiger partial charge in [-0.15, -0.1) is 0 Å². The second-order valence-corrected chi connectivity index (χ2v) is 9.37. The fourth-order valence-corrected chi connectivity index (χ4v) is 4.79. The Kier molecular flexibility index (Phi) is 7.89. The molecule has 1 N–H and O–H groups in total. The zero-order valence-corrected chi connectivity index (χ0v) is 19.0. The van der Waals surface area contributed by atoms with Crippen LogP contribution in [0.15, 0.2) is 30.3 Å². The quantitative estimate of drug-likeness (QED) is 0.777. The molecule has 0 saturated carbocycles. The van der Waals surface area contributed by atoms with Crippen molar-refractivity contribution in [2.75, 3.05) is 45.8 Å². The van der Waals surface area contributed by atoms with Crippen LogP contribution in [0.4, 0.5) is 0 Å². The number of benzene rings is 1. The number of hydrogen-bond donors (Lipinski definition) is 1. The van der Waals surface area contributed by atoms with Gasteiger partial charge in [0.25, 0.3) is 0 Å². The van der Waals surface area contributed by atoms with Crippen LogP contribution in [0.2, 0.25) is 0 Å². The van der Waals surface area contributed by atoms with Gasteiger partial charge in [-0.25, -0.2) is 0 Å². The molecule has 6 heteroatoms. The number of nitrogens with one attached hydrogen (secondary N) is 1. The van der Waals surface area contributed by atoms with Gasteiger partial charge in [-0.2, -0.15) is 0 Å². The first-order chi connectivity index (χ1) is 14.3. The highest BCUT2D eigenvalue weighted by molar-refractivity contribution is 5.81. The van der Waals surface area contributed by atoms with Crippen LogP contribution in [0.3, 0.4) is 0 Å². The van der Waals surface area contributed by atoms with Crippen LogP contribution in [-0.4, -0.2) is 78.4 Å². The summed E-state index contributed by atoms with van der Waals surface area (Å²) < 4.78 is 0. The van der Waals surface area contributed by atoms with Gasteiger partial charge in [-0.1, -0.05) is 44.2 Å². The zero-order valence-electron chi connectivity index (χ0n) is 19.0. The van der Waals surface area contributed by atoms with E-state index >= 15 is 0 Å². The molecule has 0 unspecified atom stereocenters. The van der Waals surface area contributed by atoms with Crippen molar-refractivity contribution in [3.05, 3.63) is 35.9 Å². The monoisotopic (exact) mass is 414 g/mol. The number of carbonyl (C=O) groups is 2. The number of piperidine rings is 1. The standard InChI is InChI=1S/C24H38N4O2/c1-18-14-19(2)16-28(15-18)23(29)17-26-10-12-27(13-11-26)21(4)24(30)25-20(3)22-8-6-5-7-9-22/h5-9,18-21H,10-17H2,1-4H3,(H,25,30)/t18-,19+,20-,21+/m1/s1. The molecule has 2 aliphatic heterocycles. The van der Waals surface area contributed by atoms with E-state index in [4.69, 9.17) is 0 Å². The molecule has 6 nitrogen and oxygen atoms in total. The van der Waals surface area contributed by atoms with Gasteiger partial charge in [-0.3, -0.25) is 19.4 Å². The average Bonchev–Trinajstić information content (AvgIpc) is 2.73. The Hall–Kier alpha value is -1.92. The predicted molar refractivity (Wildman–Crippen MR) is 120 cm³/mol. The highest BCUT2D eigenvalue weighted by Gasteiger charge is 2.30. The van der Waals surface area contributed by atoms with E-state index in [1.54, 1.807) is 0 Å². The van der Waals surface area contributed by atoms with Gasteiger partial charge in [0, 0.05) is 39.3 Å². The van der Waals surface area contributed by atoms with E-state index in [1.807, 2.05) is 49.1 Å². The second kappa shape index (κ2) is 10.4. The lowest BCUT2D eigenvalue weighted by molar-refractivity contribution is -0.136. The fourth-order valence-electron chi connectivity index (χ4n) is 4.79. The lowest BCUT2D eigenvalue weighted by atomic mass is 9.92. The van der Waals surface area contributed by atoms with E-state index in [1.165, 1.54) is 6.42 Å². The molecule has 0 radical (unpaired) electrons. The van der Waals surface area contributed by atoms with Crippen molar-refractivity contribution in [1.29, 1.82) is 0 Å². The smallest absolute Gasteiger partial charge is 0.237 e. The maximum absolute atomic E-state index is 12.7. The molecule has 3 rings (SSSR count). The highest BCUT2D eigenvalue weighted by atomic mass is 16.2. The Balaban J connectivity index is 1.43. The molecule has 166 valence electrons. The number of amides is 2. The molecule has 2 saturated heterocycles. The van der Waals surface area contributed by atoms with Gasteiger partial charge in [0.15, 0.2) is 0 Å². The van der Waals surface area contributed by atoms with Crippen molar-refractivity contribution in [2.24, 2.45) is 11.8 Å². The average molecular weight is 415 g/mol. The van der Waals surface area contributed by atoms with Crippen molar-refractivity contribution < 1.29 is 9.59 Å². The van der Waals surface area contributed by atoms with Crippen molar-refractivity contribution in [3.8, 4) is 0 Å². The Morgan fingerprint density at radius 3 is 2.20 bits per heavy atom. The van der Waals surface area contributed by atoms with E-state index in [0.717, 1.165) is 44.8 Å². The summed E-state index contributed by atoms with van der Waals surface area (Å²) >= 11 is 0. The Bertz CT molecular complexity index is 692. The molecule has 2 amide bonds. The molecular weight excluding hydrogens is 376 g/mol. The summed E-state index contributed by atoms with van der Waals surface area (Å²) in [5.41, 5.74) is 1.11. The predicted octanol–water partition coefficient (Wildman–Crippen LogP) is 2.37.